The molecule has 0 saturated heterocycles. The number of carbonyl (C=O) groups excluding carboxylic acids is 3. The van der Waals surface area contributed by atoms with Crippen molar-refractivity contribution in [2.45, 2.75) is 85.5 Å². The van der Waals surface area contributed by atoms with Crippen molar-refractivity contribution in [2.24, 2.45) is 0 Å². The summed E-state index contributed by atoms with van der Waals surface area (Å²) in [7, 11) is 0. The number of ether oxygens (including phenoxy) is 1. The first-order chi connectivity index (χ1) is 14.6. The van der Waals surface area contributed by atoms with Crippen LogP contribution in [0.25, 0.3) is 0 Å². The molecule has 2 N–H and O–H groups in total. The average molecular weight is 445 g/mol. The van der Waals surface area contributed by atoms with Crippen LogP contribution in [0.1, 0.15) is 71.2 Å². The van der Waals surface area contributed by atoms with Crippen LogP contribution in [-0.4, -0.2) is 46.5 Å². The molecular formula is C24H36N4O4. The molecule has 0 heterocycles. The lowest BCUT2D eigenvalue weighted by Gasteiger charge is -2.34. The van der Waals surface area contributed by atoms with Crippen molar-refractivity contribution >= 4 is 17.9 Å². The highest BCUT2D eigenvalue weighted by molar-refractivity contribution is 5.92. The molecule has 8 heteroatoms. The van der Waals surface area contributed by atoms with Crippen LogP contribution < -0.4 is 10.6 Å². The minimum Gasteiger partial charge on any atom is -0.444 e. The third-order valence-corrected chi connectivity index (χ3v) is 4.63. The van der Waals surface area contributed by atoms with Crippen molar-refractivity contribution in [3.63, 3.8) is 0 Å². The number of nitrogens with zero attached hydrogens (tertiary/aromatic N) is 2. The molecule has 0 bridgehead atoms. The normalized spacial score (nSPS) is 13.4. The first-order valence-electron chi connectivity index (χ1n) is 10.6. The number of nitrogens with one attached hydrogen (secondary N) is 2. The van der Waals surface area contributed by atoms with Gasteiger partial charge >= 0.3 is 6.09 Å². The summed E-state index contributed by atoms with van der Waals surface area (Å²) in [4.78, 5) is 40.1. The quantitative estimate of drug-likeness (QED) is 0.652. The van der Waals surface area contributed by atoms with E-state index in [4.69, 9.17) is 4.74 Å². The van der Waals surface area contributed by atoms with Gasteiger partial charge in [-0.25, -0.2) is 4.79 Å². The van der Waals surface area contributed by atoms with Gasteiger partial charge in [-0.1, -0.05) is 18.2 Å². The molecule has 1 rings (SSSR count). The number of amides is 3. The minimum atomic E-state index is -1.04. The predicted octanol–water partition coefficient (Wildman–Crippen LogP) is 3.52. The van der Waals surface area contributed by atoms with Crippen molar-refractivity contribution in [1.29, 1.82) is 5.26 Å². The summed E-state index contributed by atoms with van der Waals surface area (Å²) >= 11 is 0. The second kappa shape index (κ2) is 10.5. The summed E-state index contributed by atoms with van der Waals surface area (Å²) in [6.45, 7) is 15.6. The van der Waals surface area contributed by atoms with E-state index < -0.39 is 41.1 Å². The van der Waals surface area contributed by atoms with Gasteiger partial charge in [0, 0.05) is 5.54 Å². The number of benzene rings is 1. The van der Waals surface area contributed by atoms with E-state index in [2.05, 4.69) is 10.6 Å². The molecule has 0 saturated carbocycles. The van der Waals surface area contributed by atoms with E-state index in [1.54, 1.807) is 26.8 Å². The van der Waals surface area contributed by atoms with Gasteiger partial charge in [0.05, 0.1) is 6.07 Å². The zero-order valence-electron chi connectivity index (χ0n) is 20.6. The van der Waals surface area contributed by atoms with Crippen LogP contribution >= 0.6 is 0 Å². The van der Waals surface area contributed by atoms with E-state index >= 15 is 0 Å². The molecule has 3 amide bonds. The molecule has 0 aliphatic heterocycles. The van der Waals surface area contributed by atoms with E-state index in [9.17, 15) is 19.6 Å². The molecule has 0 radical (unpaired) electrons. The average Bonchev–Trinajstić information content (AvgIpc) is 2.60. The van der Waals surface area contributed by atoms with Gasteiger partial charge in [0.2, 0.25) is 11.8 Å². The smallest absolute Gasteiger partial charge is 0.408 e. The summed E-state index contributed by atoms with van der Waals surface area (Å²) in [5.41, 5.74) is 1.16. The summed E-state index contributed by atoms with van der Waals surface area (Å²) in [5, 5.41) is 14.9. The molecule has 2 unspecified atom stereocenters. The number of nitriles is 1. The minimum absolute atomic E-state index is 0.325. The Balaban J connectivity index is 3.39. The van der Waals surface area contributed by atoms with Gasteiger partial charge in [-0.2, -0.15) is 5.26 Å². The first kappa shape index (κ1) is 27.0. The number of hydrogen-bond acceptors (Lipinski definition) is 5. The summed E-state index contributed by atoms with van der Waals surface area (Å²) in [5.74, 6) is -0.966. The maximum atomic E-state index is 13.3. The van der Waals surface area contributed by atoms with Crippen LogP contribution in [0.4, 0.5) is 4.79 Å². The van der Waals surface area contributed by atoms with E-state index in [1.807, 2.05) is 52.8 Å². The van der Waals surface area contributed by atoms with E-state index in [0.717, 1.165) is 11.1 Å². The lowest BCUT2D eigenvalue weighted by molar-refractivity contribution is -0.142. The molecule has 0 fully saturated rings. The Kier molecular flexibility index (Phi) is 8.84. The van der Waals surface area contributed by atoms with Crippen LogP contribution in [0.15, 0.2) is 18.2 Å². The van der Waals surface area contributed by atoms with Crippen molar-refractivity contribution in [3.05, 3.63) is 34.9 Å². The maximum Gasteiger partial charge on any atom is 0.408 e. The highest BCUT2D eigenvalue weighted by Crippen LogP contribution is 2.27. The fraction of sp³-hybridized carbons (Fsp3) is 0.583. The van der Waals surface area contributed by atoms with Gasteiger partial charge in [0.25, 0.3) is 0 Å². The lowest BCUT2D eigenvalue weighted by atomic mass is 9.94. The van der Waals surface area contributed by atoms with Gasteiger partial charge in [-0.15, -0.1) is 0 Å². The highest BCUT2D eigenvalue weighted by Gasteiger charge is 2.36. The van der Waals surface area contributed by atoms with Crippen molar-refractivity contribution in [2.75, 3.05) is 6.54 Å². The zero-order chi connectivity index (χ0) is 24.9. The van der Waals surface area contributed by atoms with Crippen LogP contribution in [0.2, 0.25) is 0 Å². The summed E-state index contributed by atoms with van der Waals surface area (Å²) in [6.07, 6.45) is -0.752. The van der Waals surface area contributed by atoms with Gasteiger partial charge < -0.3 is 20.3 Å². The zero-order valence-corrected chi connectivity index (χ0v) is 20.6. The van der Waals surface area contributed by atoms with Gasteiger partial charge in [-0.05, 0) is 79.0 Å². The van der Waals surface area contributed by atoms with Gasteiger partial charge in [-0.3, -0.25) is 9.59 Å². The van der Waals surface area contributed by atoms with Gasteiger partial charge in [0.1, 0.15) is 24.2 Å². The largest absolute Gasteiger partial charge is 0.444 e. The van der Waals surface area contributed by atoms with Crippen LogP contribution in [-0.2, 0) is 14.3 Å². The first-order valence-corrected chi connectivity index (χ1v) is 10.6. The Bertz CT molecular complexity index is 891. The van der Waals surface area contributed by atoms with Crippen molar-refractivity contribution < 1.29 is 19.1 Å². The molecular weight excluding hydrogens is 408 g/mol. The third kappa shape index (κ3) is 7.88. The number of aryl methyl sites for hydroxylation is 1. The number of alkyl carbamates (subject to hydrolysis) is 1. The Morgan fingerprint density at radius 2 is 1.72 bits per heavy atom. The molecule has 1 aromatic rings. The number of hydrogen-bond donors (Lipinski definition) is 2. The fourth-order valence-corrected chi connectivity index (χ4v) is 3.13. The molecule has 8 nitrogen and oxygen atoms in total. The van der Waals surface area contributed by atoms with Crippen LogP contribution in [0.3, 0.4) is 0 Å². The molecule has 32 heavy (non-hydrogen) atoms. The third-order valence-electron chi connectivity index (χ3n) is 4.63. The number of rotatable bonds is 6. The Morgan fingerprint density at radius 3 is 2.22 bits per heavy atom. The maximum absolute atomic E-state index is 13.3. The molecule has 2 atom stereocenters. The Morgan fingerprint density at radius 1 is 1.12 bits per heavy atom. The molecule has 0 aliphatic carbocycles. The van der Waals surface area contributed by atoms with Crippen molar-refractivity contribution in [3.8, 4) is 6.07 Å². The molecule has 176 valence electrons. The predicted molar refractivity (Wildman–Crippen MR) is 123 cm³/mol. The highest BCUT2D eigenvalue weighted by atomic mass is 16.6. The lowest BCUT2D eigenvalue weighted by Crippen LogP contribution is -2.54. The molecule has 0 aromatic heterocycles. The van der Waals surface area contributed by atoms with Crippen molar-refractivity contribution in [1.82, 2.24) is 15.5 Å². The van der Waals surface area contributed by atoms with Gasteiger partial charge in [0.15, 0.2) is 0 Å². The van der Waals surface area contributed by atoms with E-state index in [1.165, 1.54) is 11.8 Å². The Labute approximate surface area is 191 Å². The second-order valence-electron chi connectivity index (χ2n) is 9.92. The molecule has 0 spiro atoms. The Hall–Kier alpha value is -3.08. The van der Waals surface area contributed by atoms with Crippen LogP contribution in [0.5, 0.6) is 0 Å². The number of carbonyl (C=O) groups is 3. The SMILES string of the molecule is Cc1cccc(C(C(=O)NC(C)(C)C)N(CC#N)C(=O)C(C)NC(=O)OC(C)(C)C)c1C. The van der Waals surface area contributed by atoms with E-state index in [0.29, 0.717) is 5.56 Å². The standard InChI is InChI=1S/C24H36N4O4/c1-15-11-10-12-18(16(15)2)19(20(29)27-23(4,5)6)28(14-13-25)21(30)17(3)26-22(31)32-24(7,8)9/h10-12,17,19H,14H2,1-9H3,(H,26,31)(H,27,29). The topological polar surface area (TPSA) is 112 Å². The van der Waals surface area contributed by atoms with Crippen LogP contribution in [0, 0.1) is 25.2 Å². The second-order valence-corrected chi connectivity index (χ2v) is 9.92. The fourth-order valence-electron chi connectivity index (χ4n) is 3.13. The summed E-state index contributed by atoms with van der Waals surface area (Å²) in [6, 6.07) is 5.44. The monoisotopic (exact) mass is 444 g/mol. The van der Waals surface area contributed by atoms with E-state index in [-0.39, 0.29) is 6.54 Å². The summed E-state index contributed by atoms with van der Waals surface area (Å²) < 4.78 is 5.23. The molecule has 1 aromatic carbocycles. The molecule has 0 aliphatic rings.